The van der Waals surface area contributed by atoms with Gasteiger partial charge in [0.2, 0.25) is 0 Å². The van der Waals surface area contributed by atoms with Crippen molar-refractivity contribution in [2.24, 2.45) is 5.73 Å². The number of rotatable bonds is 1. The van der Waals surface area contributed by atoms with Crippen LogP contribution in [0.1, 0.15) is 30.1 Å². The van der Waals surface area contributed by atoms with Crippen LogP contribution in [0.25, 0.3) is 17.0 Å². The van der Waals surface area contributed by atoms with Crippen molar-refractivity contribution >= 4 is 17.0 Å². The molecule has 0 saturated carbocycles. The Labute approximate surface area is 118 Å². The first-order valence-corrected chi connectivity index (χ1v) is 7.27. The molecule has 20 heavy (non-hydrogen) atoms. The van der Waals surface area contributed by atoms with Crippen molar-refractivity contribution in [3.05, 3.63) is 65.5 Å². The van der Waals surface area contributed by atoms with Crippen molar-refractivity contribution in [3.8, 4) is 0 Å². The monoisotopic (exact) mass is 262 g/mol. The molecule has 2 aliphatic rings. The van der Waals surface area contributed by atoms with Crippen LogP contribution in [0.3, 0.4) is 0 Å². The average molecular weight is 262 g/mol. The van der Waals surface area contributed by atoms with E-state index in [1.54, 1.807) is 0 Å². The zero-order valence-electron chi connectivity index (χ0n) is 11.4. The van der Waals surface area contributed by atoms with Gasteiger partial charge in [-0.05, 0) is 37.5 Å². The maximum Gasteiger partial charge on any atom is 0.0576 e. The number of fused-ring (bicyclic) bond motifs is 3. The van der Waals surface area contributed by atoms with E-state index in [0.717, 1.165) is 25.0 Å². The van der Waals surface area contributed by atoms with Gasteiger partial charge < -0.3 is 10.3 Å². The molecule has 0 bridgehead atoms. The lowest BCUT2D eigenvalue weighted by Gasteiger charge is -2.22. The fourth-order valence-electron chi connectivity index (χ4n) is 3.45. The molecular weight excluding hydrogens is 244 g/mol. The first-order chi connectivity index (χ1) is 9.84. The van der Waals surface area contributed by atoms with Gasteiger partial charge >= 0.3 is 0 Å². The van der Waals surface area contributed by atoms with Gasteiger partial charge in [-0.1, -0.05) is 36.4 Å². The van der Waals surface area contributed by atoms with Crippen molar-refractivity contribution in [1.82, 2.24) is 4.57 Å². The molecule has 2 N–H and O–H groups in total. The highest BCUT2D eigenvalue weighted by atomic mass is 15.0. The summed E-state index contributed by atoms with van der Waals surface area (Å²) in [5, 5.41) is 1.36. The van der Waals surface area contributed by atoms with E-state index in [0.29, 0.717) is 6.04 Å². The zero-order chi connectivity index (χ0) is 13.5. The first kappa shape index (κ1) is 11.6. The van der Waals surface area contributed by atoms with E-state index in [-0.39, 0.29) is 0 Å². The van der Waals surface area contributed by atoms with Gasteiger partial charge in [-0.3, -0.25) is 0 Å². The van der Waals surface area contributed by atoms with Gasteiger partial charge in [0.05, 0.1) is 6.04 Å². The number of nitrogens with zero attached hydrogens (tertiary/aromatic N) is 1. The molecule has 2 heteroatoms. The Morgan fingerprint density at radius 3 is 2.90 bits per heavy atom. The zero-order valence-corrected chi connectivity index (χ0v) is 11.4. The highest BCUT2D eigenvalue weighted by molar-refractivity contribution is 5.92. The number of benzene rings is 1. The Bertz CT molecular complexity index is 759. The smallest absolute Gasteiger partial charge is 0.0576 e. The summed E-state index contributed by atoms with van der Waals surface area (Å²) in [5.41, 5.74) is 11.1. The van der Waals surface area contributed by atoms with E-state index in [1.165, 1.54) is 22.2 Å². The van der Waals surface area contributed by atoms with Crippen molar-refractivity contribution in [2.75, 3.05) is 0 Å². The summed E-state index contributed by atoms with van der Waals surface area (Å²) in [5.74, 6) is 0. The van der Waals surface area contributed by atoms with E-state index in [9.17, 15) is 0 Å². The largest absolute Gasteiger partial charge is 0.399 e. The summed E-state index contributed by atoms with van der Waals surface area (Å²) < 4.78 is 2.49. The van der Waals surface area contributed by atoms with E-state index in [2.05, 4.69) is 53.1 Å². The van der Waals surface area contributed by atoms with Crippen molar-refractivity contribution in [2.45, 2.75) is 25.3 Å². The van der Waals surface area contributed by atoms with Gasteiger partial charge in [-0.15, -0.1) is 0 Å². The van der Waals surface area contributed by atoms with Gasteiger partial charge in [0, 0.05) is 27.9 Å². The predicted molar refractivity (Wildman–Crippen MR) is 84.4 cm³/mol. The topological polar surface area (TPSA) is 30.9 Å². The fraction of sp³-hybridized carbons (Fsp3) is 0.222. The third-order valence-electron chi connectivity index (χ3n) is 4.29. The number of para-hydroxylation sites is 1. The molecule has 100 valence electrons. The standard InChI is InChI=1S/C18H18N2/c19-13-6-5-7-14(12-13)20-17-10-3-1-8-15(17)16-9-2-4-11-18(16)20/h1-3,5-6,8-10,12,14H,4,7,11,19H2. The molecule has 1 unspecified atom stereocenters. The Morgan fingerprint density at radius 2 is 2.00 bits per heavy atom. The number of hydrogen-bond donors (Lipinski definition) is 1. The molecule has 2 nitrogen and oxygen atoms in total. The van der Waals surface area contributed by atoms with Crippen LogP contribution in [-0.2, 0) is 6.42 Å². The van der Waals surface area contributed by atoms with Gasteiger partial charge in [-0.2, -0.15) is 0 Å². The van der Waals surface area contributed by atoms with Gasteiger partial charge in [0.15, 0.2) is 0 Å². The quantitative estimate of drug-likeness (QED) is 0.829. The highest BCUT2D eigenvalue weighted by Crippen LogP contribution is 2.36. The van der Waals surface area contributed by atoms with Gasteiger partial charge in [0.25, 0.3) is 0 Å². The Morgan fingerprint density at radius 1 is 1.10 bits per heavy atom. The molecule has 0 amide bonds. The molecule has 1 atom stereocenters. The SMILES string of the molecule is NC1=CC(n2c3c(c4ccccc42)C=CCC3)CC=C1. The third-order valence-corrected chi connectivity index (χ3v) is 4.29. The molecule has 0 fully saturated rings. The van der Waals surface area contributed by atoms with Crippen LogP contribution in [0.4, 0.5) is 0 Å². The Kier molecular flexibility index (Phi) is 2.56. The molecule has 1 aromatic heterocycles. The van der Waals surface area contributed by atoms with E-state index >= 15 is 0 Å². The summed E-state index contributed by atoms with van der Waals surface area (Å²) in [6.45, 7) is 0. The minimum Gasteiger partial charge on any atom is -0.399 e. The second kappa shape index (κ2) is 4.41. The lowest BCUT2D eigenvalue weighted by Crippen LogP contribution is -2.14. The first-order valence-electron chi connectivity index (χ1n) is 7.27. The number of aromatic nitrogens is 1. The van der Waals surface area contributed by atoms with E-state index < -0.39 is 0 Å². The van der Waals surface area contributed by atoms with Gasteiger partial charge in [0.1, 0.15) is 0 Å². The Balaban J connectivity index is 1.99. The molecule has 0 aliphatic heterocycles. The van der Waals surface area contributed by atoms with Gasteiger partial charge in [-0.25, -0.2) is 0 Å². The summed E-state index contributed by atoms with van der Waals surface area (Å²) in [4.78, 5) is 0. The third kappa shape index (κ3) is 1.64. The second-order valence-corrected chi connectivity index (χ2v) is 5.56. The molecule has 0 spiro atoms. The summed E-state index contributed by atoms with van der Waals surface area (Å²) in [6.07, 6.45) is 14.2. The highest BCUT2D eigenvalue weighted by Gasteiger charge is 2.21. The van der Waals surface area contributed by atoms with Crippen molar-refractivity contribution in [1.29, 1.82) is 0 Å². The summed E-state index contributed by atoms with van der Waals surface area (Å²) in [6, 6.07) is 9.05. The predicted octanol–water partition coefficient (Wildman–Crippen LogP) is 3.94. The van der Waals surface area contributed by atoms with Crippen LogP contribution in [0.2, 0.25) is 0 Å². The molecular formula is C18H18N2. The number of nitrogens with two attached hydrogens (primary N) is 1. The van der Waals surface area contributed by atoms with E-state index in [4.69, 9.17) is 5.73 Å². The minimum absolute atomic E-state index is 0.347. The van der Waals surface area contributed by atoms with E-state index in [1.807, 2.05) is 6.08 Å². The van der Waals surface area contributed by atoms with Crippen LogP contribution in [0, 0.1) is 0 Å². The fourth-order valence-corrected chi connectivity index (χ4v) is 3.45. The van der Waals surface area contributed by atoms with Crippen LogP contribution < -0.4 is 5.73 Å². The van der Waals surface area contributed by atoms with Crippen molar-refractivity contribution < 1.29 is 0 Å². The molecule has 2 aliphatic carbocycles. The number of hydrogen-bond acceptors (Lipinski definition) is 1. The van der Waals surface area contributed by atoms with Crippen molar-refractivity contribution in [3.63, 3.8) is 0 Å². The molecule has 2 aromatic rings. The van der Waals surface area contributed by atoms with Crippen LogP contribution in [0.15, 0.2) is 54.3 Å². The molecule has 1 heterocycles. The number of allylic oxidation sites excluding steroid dienone is 4. The lowest BCUT2D eigenvalue weighted by atomic mass is 10.0. The summed E-state index contributed by atoms with van der Waals surface area (Å²) >= 11 is 0. The molecule has 4 rings (SSSR count). The van der Waals surface area contributed by atoms with Crippen LogP contribution in [-0.4, -0.2) is 4.57 Å². The second-order valence-electron chi connectivity index (χ2n) is 5.56. The normalized spacial score (nSPS) is 21.0. The molecule has 0 saturated heterocycles. The lowest BCUT2D eigenvalue weighted by molar-refractivity contribution is 0.594. The average Bonchev–Trinajstić information content (AvgIpc) is 2.82. The minimum atomic E-state index is 0.347. The molecule has 0 radical (unpaired) electrons. The molecule has 1 aromatic carbocycles. The summed E-state index contributed by atoms with van der Waals surface area (Å²) in [7, 11) is 0. The maximum atomic E-state index is 6.00. The maximum absolute atomic E-state index is 6.00. The van der Waals surface area contributed by atoms with Crippen LogP contribution >= 0.6 is 0 Å². The van der Waals surface area contributed by atoms with Crippen LogP contribution in [0.5, 0.6) is 0 Å². The Hall–Kier alpha value is -2.22.